The molecular formula is C18H15FN4O3S. The largest absolute Gasteiger partial charge is 0.496 e. The Labute approximate surface area is 158 Å². The molecule has 0 aliphatic rings. The predicted octanol–water partition coefficient (Wildman–Crippen LogP) is 2.87. The fourth-order valence-corrected chi connectivity index (χ4v) is 2.93. The maximum Gasteiger partial charge on any atom is 0.286 e. The third-order valence-electron chi connectivity index (χ3n) is 3.50. The first kappa shape index (κ1) is 18.5. The number of hydrogen-bond donors (Lipinski definition) is 2. The van der Waals surface area contributed by atoms with E-state index in [2.05, 4.69) is 20.8 Å². The van der Waals surface area contributed by atoms with Gasteiger partial charge in [0, 0.05) is 5.69 Å². The number of ether oxygens (including phenoxy) is 1. The van der Waals surface area contributed by atoms with E-state index in [1.54, 1.807) is 30.3 Å². The molecule has 3 rings (SSSR count). The predicted molar refractivity (Wildman–Crippen MR) is 98.4 cm³/mol. The molecule has 1 heterocycles. The molecule has 0 saturated heterocycles. The number of methoxy groups -OCH3 is 1. The molecule has 0 atom stereocenters. The minimum absolute atomic E-state index is 0.112. The van der Waals surface area contributed by atoms with Crippen LogP contribution in [0.5, 0.6) is 5.75 Å². The first-order valence-electron chi connectivity index (χ1n) is 7.87. The highest BCUT2D eigenvalue weighted by atomic mass is 32.1. The summed E-state index contributed by atoms with van der Waals surface area (Å²) in [6.45, 7) is 0.113. The summed E-state index contributed by atoms with van der Waals surface area (Å²) in [5, 5.41) is 13.5. The van der Waals surface area contributed by atoms with Gasteiger partial charge in [-0.15, -0.1) is 10.2 Å². The van der Waals surface area contributed by atoms with Crippen LogP contribution in [0.4, 0.5) is 10.1 Å². The lowest BCUT2D eigenvalue weighted by molar-refractivity contribution is 0.0947. The fraction of sp³-hybridized carbons (Fsp3) is 0.111. The van der Waals surface area contributed by atoms with Gasteiger partial charge in [-0.2, -0.15) is 0 Å². The van der Waals surface area contributed by atoms with Crippen LogP contribution in [-0.4, -0.2) is 29.1 Å². The van der Waals surface area contributed by atoms with Gasteiger partial charge in [-0.3, -0.25) is 9.59 Å². The third kappa shape index (κ3) is 4.64. The summed E-state index contributed by atoms with van der Waals surface area (Å²) in [6.07, 6.45) is 0. The van der Waals surface area contributed by atoms with Crippen LogP contribution in [0.3, 0.4) is 0 Å². The number of halogens is 1. The topological polar surface area (TPSA) is 93.2 Å². The van der Waals surface area contributed by atoms with Crippen molar-refractivity contribution in [1.82, 2.24) is 15.5 Å². The van der Waals surface area contributed by atoms with E-state index in [-0.39, 0.29) is 17.5 Å². The Balaban J connectivity index is 1.60. The number of amides is 2. The van der Waals surface area contributed by atoms with Crippen molar-refractivity contribution in [1.29, 1.82) is 0 Å². The Kier molecular flexibility index (Phi) is 5.72. The first-order valence-corrected chi connectivity index (χ1v) is 8.69. The summed E-state index contributed by atoms with van der Waals surface area (Å²) in [5.74, 6) is -0.818. The van der Waals surface area contributed by atoms with Crippen LogP contribution in [0.1, 0.15) is 25.2 Å². The number of rotatable bonds is 6. The van der Waals surface area contributed by atoms with Gasteiger partial charge in [0.05, 0.1) is 19.2 Å². The highest BCUT2D eigenvalue weighted by Crippen LogP contribution is 2.18. The molecule has 7 nitrogen and oxygen atoms in total. The number of anilines is 1. The lowest BCUT2D eigenvalue weighted by Gasteiger charge is -2.07. The zero-order chi connectivity index (χ0) is 19.2. The van der Waals surface area contributed by atoms with Gasteiger partial charge in [-0.05, 0) is 30.3 Å². The first-order chi connectivity index (χ1) is 13.1. The molecule has 2 amide bonds. The normalized spacial score (nSPS) is 10.3. The third-order valence-corrected chi connectivity index (χ3v) is 4.42. The summed E-state index contributed by atoms with van der Waals surface area (Å²) in [6, 6.07) is 12.4. The van der Waals surface area contributed by atoms with Crippen LogP contribution in [0, 0.1) is 5.82 Å². The molecule has 0 aliphatic carbocycles. The van der Waals surface area contributed by atoms with Crippen molar-refractivity contribution in [2.75, 3.05) is 12.4 Å². The van der Waals surface area contributed by atoms with E-state index in [0.717, 1.165) is 11.3 Å². The zero-order valence-electron chi connectivity index (χ0n) is 14.2. The number of aromatic nitrogens is 2. The van der Waals surface area contributed by atoms with Crippen molar-refractivity contribution in [3.63, 3.8) is 0 Å². The van der Waals surface area contributed by atoms with Gasteiger partial charge >= 0.3 is 0 Å². The SMILES string of the molecule is COc1ccccc1C(=O)NCc1nnc(C(=O)Nc2cccc(F)c2)s1. The molecule has 0 radical (unpaired) electrons. The Bertz CT molecular complexity index is 977. The van der Waals surface area contributed by atoms with E-state index in [0.29, 0.717) is 22.0 Å². The molecule has 27 heavy (non-hydrogen) atoms. The summed E-state index contributed by atoms with van der Waals surface area (Å²) >= 11 is 1.04. The molecule has 0 unspecified atom stereocenters. The lowest BCUT2D eigenvalue weighted by atomic mass is 10.2. The fourth-order valence-electron chi connectivity index (χ4n) is 2.25. The maximum atomic E-state index is 13.2. The van der Waals surface area contributed by atoms with Crippen LogP contribution in [0.2, 0.25) is 0 Å². The quantitative estimate of drug-likeness (QED) is 0.680. The summed E-state index contributed by atoms with van der Waals surface area (Å²) in [5.41, 5.74) is 0.717. The molecule has 9 heteroatoms. The molecule has 0 spiro atoms. The van der Waals surface area contributed by atoms with E-state index < -0.39 is 11.7 Å². The molecule has 3 aromatic rings. The van der Waals surface area contributed by atoms with Crippen molar-refractivity contribution in [3.05, 3.63) is 69.9 Å². The van der Waals surface area contributed by atoms with E-state index in [4.69, 9.17) is 4.74 Å². The summed E-state index contributed by atoms with van der Waals surface area (Å²) in [7, 11) is 1.49. The smallest absolute Gasteiger partial charge is 0.286 e. The molecule has 2 N–H and O–H groups in total. The second-order valence-electron chi connectivity index (χ2n) is 5.35. The van der Waals surface area contributed by atoms with E-state index in [1.807, 2.05) is 0 Å². The highest BCUT2D eigenvalue weighted by Gasteiger charge is 2.15. The summed E-state index contributed by atoms with van der Waals surface area (Å²) in [4.78, 5) is 24.4. The lowest BCUT2D eigenvalue weighted by Crippen LogP contribution is -2.23. The van der Waals surface area contributed by atoms with Crippen molar-refractivity contribution in [2.45, 2.75) is 6.54 Å². The molecule has 2 aromatic carbocycles. The number of benzene rings is 2. The van der Waals surface area contributed by atoms with Crippen molar-refractivity contribution >= 4 is 28.8 Å². The van der Waals surface area contributed by atoms with Crippen molar-refractivity contribution in [2.24, 2.45) is 0 Å². The summed E-state index contributed by atoms with van der Waals surface area (Å²) < 4.78 is 18.3. The number of carbonyl (C=O) groups is 2. The number of nitrogens with one attached hydrogen (secondary N) is 2. The minimum atomic E-state index is -0.500. The van der Waals surface area contributed by atoms with Crippen molar-refractivity contribution < 1.29 is 18.7 Å². The standard InChI is InChI=1S/C18H15FN4O3S/c1-26-14-8-3-2-7-13(14)16(24)20-10-15-22-23-18(27-15)17(25)21-12-6-4-5-11(19)9-12/h2-9H,10H2,1H3,(H,20,24)(H,21,25). The van der Waals surface area contributed by atoms with Gasteiger partial charge in [0.25, 0.3) is 11.8 Å². The molecule has 0 fully saturated rings. The zero-order valence-corrected chi connectivity index (χ0v) is 15.0. The van der Waals surface area contributed by atoms with Crippen LogP contribution in [-0.2, 0) is 6.54 Å². The monoisotopic (exact) mass is 386 g/mol. The van der Waals surface area contributed by atoms with Crippen LogP contribution in [0.25, 0.3) is 0 Å². The number of para-hydroxylation sites is 1. The Morgan fingerprint density at radius 1 is 1.11 bits per heavy atom. The van der Waals surface area contributed by atoms with Gasteiger partial charge in [-0.25, -0.2) is 4.39 Å². The molecule has 0 bridgehead atoms. The van der Waals surface area contributed by atoms with Gasteiger partial charge in [-0.1, -0.05) is 29.5 Å². The molecular weight excluding hydrogens is 371 g/mol. The molecule has 138 valence electrons. The van der Waals surface area contributed by atoms with Gasteiger partial charge < -0.3 is 15.4 Å². The number of nitrogens with zero attached hydrogens (tertiary/aromatic N) is 2. The second-order valence-corrected chi connectivity index (χ2v) is 6.41. The van der Waals surface area contributed by atoms with E-state index in [1.165, 1.54) is 25.3 Å². The van der Waals surface area contributed by atoms with Gasteiger partial charge in [0.1, 0.15) is 16.6 Å². The average molecular weight is 386 g/mol. The molecule has 1 aromatic heterocycles. The highest BCUT2D eigenvalue weighted by molar-refractivity contribution is 7.13. The van der Waals surface area contributed by atoms with Crippen molar-refractivity contribution in [3.8, 4) is 5.75 Å². The van der Waals surface area contributed by atoms with Crippen LogP contribution < -0.4 is 15.4 Å². The number of carbonyl (C=O) groups excluding carboxylic acids is 2. The minimum Gasteiger partial charge on any atom is -0.496 e. The Morgan fingerprint density at radius 3 is 2.70 bits per heavy atom. The van der Waals surface area contributed by atoms with Crippen LogP contribution in [0.15, 0.2) is 48.5 Å². The van der Waals surface area contributed by atoms with Gasteiger partial charge in [0.2, 0.25) is 5.01 Å². The Morgan fingerprint density at radius 2 is 1.93 bits per heavy atom. The average Bonchev–Trinajstić information content (AvgIpc) is 3.15. The second kappa shape index (κ2) is 8.37. The molecule has 0 aliphatic heterocycles. The van der Waals surface area contributed by atoms with E-state index in [9.17, 15) is 14.0 Å². The van der Waals surface area contributed by atoms with Gasteiger partial charge in [0.15, 0.2) is 0 Å². The Hall–Kier alpha value is -3.33. The van der Waals surface area contributed by atoms with E-state index >= 15 is 0 Å². The number of hydrogen-bond acceptors (Lipinski definition) is 6. The molecule has 0 saturated carbocycles. The maximum absolute atomic E-state index is 13.2. The van der Waals surface area contributed by atoms with Crippen LogP contribution >= 0.6 is 11.3 Å².